The van der Waals surface area contributed by atoms with Crippen molar-refractivity contribution >= 4 is 43.6 Å². The second kappa shape index (κ2) is 13.0. The van der Waals surface area contributed by atoms with E-state index >= 15 is 0 Å². The van der Waals surface area contributed by atoms with Crippen LogP contribution in [0.4, 0.5) is 0 Å². The van der Waals surface area contributed by atoms with E-state index in [1.54, 1.807) is 36.4 Å². The summed E-state index contributed by atoms with van der Waals surface area (Å²) in [6.45, 7) is 0. The highest BCUT2D eigenvalue weighted by molar-refractivity contribution is 6.11. The Balaban J connectivity index is 1.29. The third kappa shape index (κ3) is 5.21. The fraction of sp³-hybridized carbons (Fsp3) is 0. The highest BCUT2D eigenvalue weighted by atomic mass is 15.2. The number of para-hydroxylation sites is 4. The van der Waals surface area contributed by atoms with Crippen LogP contribution in [0.2, 0.25) is 0 Å². The van der Waals surface area contributed by atoms with Crippen molar-refractivity contribution in [2.24, 2.45) is 0 Å². The van der Waals surface area contributed by atoms with Crippen LogP contribution in [0.5, 0.6) is 0 Å². The summed E-state index contributed by atoms with van der Waals surface area (Å²) in [5.41, 5.74) is 0.320. The zero-order valence-electron chi connectivity index (χ0n) is 47.8. The molecular weight excluding hydrogens is 683 g/mol. The van der Waals surface area contributed by atoms with Gasteiger partial charge >= 0.3 is 0 Å². The third-order valence-electron chi connectivity index (χ3n) is 9.45. The van der Waals surface area contributed by atoms with Crippen molar-refractivity contribution in [3.63, 3.8) is 0 Å². The highest BCUT2D eigenvalue weighted by Crippen LogP contribution is 2.38. The minimum absolute atomic E-state index is 0.0336. The fourth-order valence-corrected chi connectivity index (χ4v) is 6.93. The first kappa shape index (κ1) is 18.1. The van der Waals surface area contributed by atoms with Gasteiger partial charge in [0.1, 0.15) is 0 Å². The molecule has 56 heavy (non-hydrogen) atoms. The van der Waals surface area contributed by atoms with Crippen LogP contribution in [-0.2, 0) is 0 Å². The maximum atomic E-state index is 9.84. The normalized spacial score (nSPS) is 16.3. The number of fused-ring (bicyclic) bond motifs is 6. The molecule has 0 aliphatic rings. The fourth-order valence-electron chi connectivity index (χ4n) is 6.93. The first-order chi connectivity index (χ1) is 35.7. The SMILES string of the molecule is [2H]c1cc([2H])c2c(c1[2H])c1c([2H])c([2H])c(-c3c([2H])c([2H])c([2H])c([2H])c3[2H])c([2H])c1n2-c1ccccc1-c1nc(-c2ccc(-c3ccccc3)cc2)nc(-n2c3c([2H])c([2H])c([2H])c([2H])c3c3c([2H])c([2H])c([2H])c([2H])c32)n1. The van der Waals surface area contributed by atoms with E-state index in [0.29, 0.717) is 5.56 Å². The zero-order valence-corrected chi connectivity index (χ0v) is 28.8. The van der Waals surface area contributed by atoms with Gasteiger partial charge in [-0.3, -0.25) is 4.57 Å². The standard InChI is InChI=1S/C51H33N5/c1-3-15-34(16-4-1)36-27-29-37(30-28-36)49-52-50(54-51(53-49)56-45-24-12-8-19-39(45)40-20-9-13-25-46(40)56)43-22-10-14-26-47(43)55-44-23-11-7-21-41(44)42-32-31-38(33-48(42)55)35-17-5-2-6-18-35/h1-33H/i2D,5D,6D,7D,8D,9D,12D,13D,17D,18D,19D,20D,21D,23D,24D,25D,31D,32D,33D. The molecule has 0 unspecified atom stereocenters. The Morgan fingerprint density at radius 2 is 0.946 bits per heavy atom. The summed E-state index contributed by atoms with van der Waals surface area (Å²) in [6.07, 6.45) is 0. The Morgan fingerprint density at radius 3 is 1.71 bits per heavy atom. The maximum Gasteiger partial charge on any atom is 0.238 e. The molecule has 0 atom stereocenters. The lowest BCUT2D eigenvalue weighted by Crippen LogP contribution is -2.07. The van der Waals surface area contributed by atoms with Gasteiger partial charge in [-0.2, -0.15) is 9.97 Å². The van der Waals surface area contributed by atoms with Gasteiger partial charge in [0.15, 0.2) is 11.6 Å². The van der Waals surface area contributed by atoms with Crippen molar-refractivity contribution in [2.75, 3.05) is 0 Å². The summed E-state index contributed by atoms with van der Waals surface area (Å²) < 4.78 is 172. The number of aromatic nitrogens is 5. The van der Waals surface area contributed by atoms with Crippen molar-refractivity contribution in [2.45, 2.75) is 0 Å². The molecule has 8 aromatic carbocycles. The Kier molecular flexibility index (Phi) is 4.22. The Bertz CT molecular complexity index is 4240. The molecule has 5 heteroatoms. The molecule has 0 radical (unpaired) electrons. The van der Waals surface area contributed by atoms with Gasteiger partial charge < -0.3 is 4.57 Å². The molecule has 0 spiro atoms. The summed E-state index contributed by atoms with van der Waals surface area (Å²) in [5.74, 6) is -0.576. The lowest BCUT2D eigenvalue weighted by molar-refractivity contribution is 0.951. The van der Waals surface area contributed by atoms with Gasteiger partial charge in [-0.25, -0.2) is 4.98 Å². The first-order valence-corrected chi connectivity index (χ1v) is 17.3. The van der Waals surface area contributed by atoms with Gasteiger partial charge in [-0.1, -0.05) is 163 Å². The van der Waals surface area contributed by atoms with Crippen molar-refractivity contribution in [1.29, 1.82) is 0 Å². The molecule has 0 aliphatic carbocycles. The molecule has 11 rings (SSSR count). The van der Waals surface area contributed by atoms with Crippen molar-refractivity contribution in [3.8, 4) is 56.7 Å². The van der Waals surface area contributed by atoms with Crippen LogP contribution in [-0.4, -0.2) is 24.1 Å². The second-order valence-electron chi connectivity index (χ2n) is 12.6. The third-order valence-corrected chi connectivity index (χ3v) is 9.45. The largest absolute Gasteiger partial charge is 0.308 e. The van der Waals surface area contributed by atoms with E-state index in [1.807, 2.05) is 42.5 Å². The topological polar surface area (TPSA) is 48.5 Å². The predicted octanol–water partition coefficient (Wildman–Crippen LogP) is 12.7. The molecule has 0 N–H and O–H groups in total. The second-order valence-corrected chi connectivity index (χ2v) is 12.6. The quantitative estimate of drug-likeness (QED) is 0.171. The molecule has 0 saturated carbocycles. The summed E-state index contributed by atoms with van der Waals surface area (Å²) in [4.78, 5) is 14.7. The van der Waals surface area contributed by atoms with Gasteiger partial charge in [0, 0.05) is 32.7 Å². The molecule has 11 aromatic rings. The number of rotatable bonds is 6. The summed E-state index contributed by atoms with van der Waals surface area (Å²) >= 11 is 0. The summed E-state index contributed by atoms with van der Waals surface area (Å²) in [6, 6.07) is 12.0. The van der Waals surface area contributed by atoms with E-state index in [2.05, 4.69) is 0 Å². The number of hydrogen-bond donors (Lipinski definition) is 0. The molecular formula is C51H33N5. The van der Waals surface area contributed by atoms with Crippen LogP contribution in [0.3, 0.4) is 0 Å². The van der Waals surface area contributed by atoms with E-state index in [0.717, 1.165) is 21.8 Å². The Morgan fingerprint density at radius 1 is 0.357 bits per heavy atom. The minimum Gasteiger partial charge on any atom is -0.308 e. The van der Waals surface area contributed by atoms with Crippen LogP contribution in [0.25, 0.3) is 100 Å². The van der Waals surface area contributed by atoms with E-state index in [9.17, 15) is 8.22 Å². The molecule has 3 aromatic heterocycles. The molecule has 3 heterocycles. The van der Waals surface area contributed by atoms with Gasteiger partial charge in [0.05, 0.1) is 53.8 Å². The van der Waals surface area contributed by atoms with Crippen molar-refractivity contribution in [1.82, 2.24) is 24.1 Å². The van der Waals surface area contributed by atoms with E-state index in [-0.39, 0.29) is 78.5 Å². The minimum atomic E-state index is -0.756. The number of hydrogen-bond acceptors (Lipinski definition) is 3. The van der Waals surface area contributed by atoms with Crippen molar-refractivity contribution < 1.29 is 26.0 Å². The number of benzene rings is 8. The number of nitrogens with zero attached hydrogens (tertiary/aromatic N) is 5. The first-order valence-electron chi connectivity index (χ1n) is 26.8. The van der Waals surface area contributed by atoms with Crippen LogP contribution in [0.1, 0.15) is 26.0 Å². The Labute approximate surface area is 350 Å². The zero-order chi connectivity index (χ0) is 53.5. The van der Waals surface area contributed by atoms with Crippen LogP contribution in [0, 0.1) is 0 Å². The molecule has 262 valence electrons. The smallest absolute Gasteiger partial charge is 0.238 e. The van der Waals surface area contributed by atoms with Crippen LogP contribution in [0.15, 0.2) is 200 Å². The van der Waals surface area contributed by atoms with Crippen LogP contribution >= 0.6 is 0 Å². The van der Waals surface area contributed by atoms with Crippen molar-refractivity contribution in [3.05, 3.63) is 200 Å². The van der Waals surface area contributed by atoms with Gasteiger partial charge in [-0.05, 0) is 58.6 Å². The average Bonchev–Trinajstić information content (AvgIpc) is 4.18. The lowest BCUT2D eigenvalue weighted by Gasteiger charge is -2.15. The highest BCUT2D eigenvalue weighted by Gasteiger charge is 2.21. The van der Waals surface area contributed by atoms with E-state index in [1.165, 1.54) is 4.57 Å². The predicted molar refractivity (Wildman–Crippen MR) is 230 cm³/mol. The van der Waals surface area contributed by atoms with Crippen LogP contribution < -0.4 is 0 Å². The molecule has 0 fully saturated rings. The maximum absolute atomic E-state index is 9.84. The van der Waals surface area contributed by atoms with Gasteiger partial charge in [-0.15, -0.1) is 0 Å². The lowest BCUT2D eigenvalue weighted by atomic mass is 10.0. The Hall–Kier alpha value is -7.63. The molecule has 0 saturated heterocycles. The monoisotopic (exact) mass is 734 g/mol. The molecule has 5 nitrogen and oxygen atoms in total. The molecule has 0 amide bonds. The van der Waals surface area contributed by atoms with E-state index < -0.39 is 120 Å². The molecule has 0 aliphatic heterocycles. The van der Waals surface area contributed by atoms with E-state index in [4.69, 9.17) is 32.8 Å². The average molecular weight is 735 g/mol. The molecule has 0 bridgehead atoms. The summed E-state index contributed by atoms with van der Waals surface area (Å²) in [7, 11) is 0. The van der Waals surface area contributed by atoms with Gasteiger partial charge in [0.25, 0.3) is 0 Å². The van der Waals surface area contributed by atoms with Gasteiger partial charge in [0.2, 0.25) is 5.95 Å². The summed E-state index contributed by atoms with van der Waals surface area (Å²) in [5, 5.41) is -0.848.